The van der Waals surface area contributed by atoms with Crippen LogP contribution in [0.5, 0.6) is 0 Å². The molecule has 0 aliphatic heterocycles. The third-order valence-corrected chi connectivity index (χ3v) is 4.15. The van der Waals surface area contributed by atoms with E-state index in [4.69, 9.17) is 0 Å². The molecule has 0 radical (unpaired) electrons. The first-order valence-corrected chi connectivity index (χ1v) is 6.81. The number of hydrogen-bond acceptors (Lipinski definition) is 4. The number of halogens is 3. The van der Waals surface area contributed by atoms with E-state index in [9.17, 15) is 18.3 Å². The average Bonchev–Trinajstić information content (AvgIpc) is 2.38. The van der Waals surface area contributed by atoms with E-state index in [0.29, 0.717) is 17.3 Å². The van der Waals surface area contributed by atoms with Crippen molar-refractivity contribution in [2.45, 2.75) is 30.9 Å². The van der Waals surface area contributed by atoms with Gasteiger partial charge in [-0.05, 0) is 31.5 Å². The molecule has 2 unspecified atom stereocenters. The summed E-state index contributed by atoms with van der Waals surface area (Å²) >= 11 is 0.581. The van der Waals surface area contributed by atoms with Crippen LogP contribution in [-0.4, -0.2) is 28.6 Å². The van der Waals surface area contributed by atoms with E-state index >= 15 is 0 Å². The molecule has 0 saturated carbocycles. The predicted molar refractivity (Wildman–Crippen MR) is 74.1 cm³/mol. The monoisotopic (exact) mass is 306 g/mol. The molecule has 7 heteroatoms. The van der Waals surface area contributed by atoms with Gasteiger partial charge in [0.2, 0.25) is 0 Å². The van der Waals surface area contributed by atoms with Crippen molar-refractivity contribution < 1.29 is 18.3 Å². The van der Waals surface area contributed by atoms with Crippen LogP contribution in [0, 0.1) is 0 Å². The standard InChI is InChI=1S/C13H17F3N2OS/c1-9(13(14,15)16)20-11(8-17-3)12(2,19)10-4-6-18-7-5-10/h4-9,17,19H,1-3H3/b11-8-. The lowest BCUT2D eigenvalue weighted by atomic mass is 9.97. The molecule has 3 nitrogen and oxygen atoms in total. The second-order valence-corrected chi connectivity index (χ2v) is 5.79. The molecule has 0 aromatic carbocycles. The summed E-state index contributed by atoms with van der Waals surface area (Å²) in [7, 11) is 1.57. The molecule has 1 aromatic rings. The van der Waals surface area contributed by atoms with Gasteiger partial charge in [0.25, 0.3) is 0 Å². The first kappa shape index (κ1) is 16.8. The Hall–Kier alpha value is -1.21. The molecule has 0 spiro atoms. The molecule has 1 rings (SSSR count). The highest BCUT2D eigenvalue weighted by molar-refractivity contribution is 8.03. The fourth-order valence-electron chi connectivity index (χ4n) is 1.50. The van der Waals surface area contributed by atoms with Gasteiger partial charge in [-0.2, -0.15) is 13.2 Å². The van der Waals surface area contributed by atoms with E-state index in [0.717, 1.165) is 6.92 Å². The Balaban J connectivity index is 3.06. The lowest BCUT2D eigenvalue weighted by molar-refractivity contribution is -0.125. The fourth-order valence-corrected chi connectivity index (χ4v) is 2.54. The van der Waals surface area contributed by atoms with Crippen LogP contribution in [0.4, 0.5) is 13.2 Å². The zero-order valence-corrected chi connectivity index (χ0v) is 12.2. The number of rotatable bonds is 5. The van der Waals surface area contributed by atoms with Crippen LogP contribution in [0.1, 0.15) is 19.4 Å². The number of nitrogens with zero attached hydrogens (tertiary/aromatic N) is 1. The van der Waals surface area contributed by atoms with Crippen molar-refractivity contribution in [3.05, 3.63) is 41.2 Å². The van der Waals surface area contributed by atoms with Crippen molar-refractivity contribution >= 4 is 11.8 Å². The molecule has 0 bridgehead atoms. The third kappa shape index (κ3) is 4.14. The molecule has 1 heterocycles. The number of hydrogen-bond donors (Lipinski definition) is 2. The summed E-state index contributed by atoms with van der Waals surface area (Å²) in [6.45, 7) is 2.53. The summed E-state index contributed by atoms with van der Waals surface area (Å²) in [5.41, 5.74) is -1.04. The van der Waals surface area contributed by atoms with Crippen LogP contribution in [0.15, 0.2) is 35.6 Å². The molecule has 0 amide bonds. The predicted octanol–water partition coefficient (Wildman–Crippen LogP) is 3.03. The van der Waals surface area contributed by atoms with E-state index in [1.807, 2.05) is 0 Å². The maximum atomic E-state index is 12.7. The topological polar surface area (TPSA) is 45.1 Å². The minimum Gasteiger partial charge on any atom is -0.393 e. The molecular weight excluding hydrogens is 289 g/mol. The minimum atomic E-state index is -4.33. The highest BCUT2D eigenvalue weighted by atomic mass is 32.2. The number of alkyl halides is 3. The Bertz CT molecular complexity index is 460. The van der Waals surface area contributed by atoms with E-state index < -0.39 is 17.0 Å². The van der Waals surface area contributed by atoms with Gasteiger partial charge in [-0.3, -0.25) is 4.98 Å². The summed E-state index contributed by atoms with van der Waals surface area (Å²) in [6, 6.07) is 3.14. The van der Waals surface area contributed by atoms with Crippen molar-refractivity contribution in [2.75, 3.05) is 7.05 Å². The van der Waals surface area contributed by atoms with Crippen LogP contribution >= 0.6 is 11.8 Å². The molecule has 112 valence electrons. The number of thioether (sulfide) groups is 1. The zero-order valence-electron chi connectivity index (χ0n) is 11.4. The first-order chi connectivity index (χ1) is 9.19. The Morgan fingerprint density at radius 1 is 1.40 bits per heavy atom. The van der Waals surface area contributed by atoms with Gasteiger partial charge in [0, 0.05) is 30.5 Å². The first-order valence-electron chi connectivity index (χ1n) is 5.93. The molecule has 0 fully saturated rings. The van der Waals surface area contributed by atoms with E-state index in [1.54, 1.807) is 19.2 Å². The van der Waals surface area contributed by atoms with Crippen molar-refractivity contribution in [2.24, 2.45) is 0 Å². The normalized spacial score (nSPS) is 17.4. The summed E-state index contributed by atoms with van der Waals surface area (Å²) in [4.78, 5) is 4.02. The van der Waals surface area contributed by atoms with Gasteiger partial charge in [0.05, 0.1) is 0 Å². The molecule has 1 aromatic heterocycles. The molecule has 0 saturated heterocycles. The van der Waals surface area contributed by atoms with Crippen LogP contribution in [-0.2, 0) is 5.60 Å². The van der Waals surface area contributed by atoms with Crippen LogP contribution in [0.2, 0.25) is 0 Å². The van der Waals surface area contributed by atoms with E-state index in [1.165, 1.54) is 25.5 Å². The van der Waals surface area contributed by atoms with Crippen LogP contribution < -0.4 is 5.32 Å². The summed E-state index contributed by atoms with van der Waals surface area (Å²) in [5, 5.41) is 11.6. The molecule has 0 aliphatic rings. The Kier molecular flexibility index (Phi) is 5.47. The molecule has 2 N–H and O–H groups in total. The van der Waals surface area contributed by atoms with E-state index in [-0.39, 0.29) is 4.91 Å². The number of aromatic nitrogens is 1. The molecule has 0 aliphatic carbocycles. The van der Waals surface area contributed by atoms with Crippen LogP contribution in [0.25, 0.3) is 0 Å². The van der Waals surface area contributed by atoms with Gasteiger partial charge >= 0.3 is 6.18 Å². The maximum Gasteiger partial charge on any atom is 0.400 e. The molecular formula is C13H17F3N2OS. The average molecular weight is 306 g/mol. The second-order valence-electron chi connectivity index (χ2n) is 4.41. The van der Waals surface area contributed by atoms with Gasteiger partial charge in [0.1, 0.15) is 10.9 Å². The second kappa shape index (κ2) is 6.49. The Morgan fingerprint density at radius 2 is 1.95 bits per heavy atom. The Labute approximate surface area is 120 Å². The van der Waals surface area contributed by atoms with Crippen molar-refractivity contribution in [3.8, 4) is 0 Å². The summed E-state index contributed by atoms with van der Waals surface area (Å²) < 4.78 is 38.0. The zero-order chi connectivity index (χ0) is 15.4. The highest BCUT2D eigenvalue weighted by Crippen LogP contribution is 2.42. The molecule has 20 heavy (non-hydrogen) atoms. The quantitative estimate of drug-likeness (QED) is 0.878. The number of pyridine rings is 1. The van der Waals surface area contributed by atoms with Gasteiger partial charge in [0.15, 0.2) is 0 Å². The van der Waals surface area contributed by atoms with Gasteiger partial charge in [-0.15, -0.1) is 11.8 Å². The number of aliphatic hydroxyl groups is 1. The lowest BCUT2D eigenvalue weighted by Crippen LogP contribution is -2.29. The van der Waals surface area contributed by atoms with Crippen LogP contribution in [0.3, 0.4) is 0 Å². The van der Waals surface area contributed by atoms with Crippen molar-refractivity contribution in [3.63, 3.8) is 0 Å². The molecule has 2 atom stereocenters. The summed E-state index contributed by atoms with van der Waals surface area (Å²) in [5.74, 6) is 0. The number of nitrogens with one attached hydrogen (secondary N) is 1. The highest BCUT2D eigenvalue weighted by Gasteiger charge is 2.40. The SMILES string of the molecule is CN/C=C(\SC(C)C(F)(F)F)C(C)(O)c1ccncc1. The van der Waals surface area contributed by atoms with Crippen molar-refractivity contribution in [1.29, 1.82) is 0 Å². The minimum absolute atomic E-state index is 0.191. The smallest absolute Gasteiger partial charge is 0.393 e. The summed E-state index contributed by atoms with van der Waals surface area (Å²) in [6.07, 6.45) is 0.0243. The van der Waals surface area contributed by atoms with Crippen molar-refractivity contribution in [1.82, 2.24) is 10.3 Å². The van der Waals surface area contributed by atoms with Gasteiger partial charge < -0.3 is 10.4 Å². The largest absolute Gasteiger partial charge is 0.400 e. The third-order valence-electron chi connectivity index (χ3n) is 2.76. The van der Waals surface area contributed by atoms with Gasteiger partial charge in [-0.25, -0.2) is 0 Å². The Morgan fingerprint density at radius 3 is 2.40 bits per heavy atom. The van der Waals surface area contributed by atoms with E-state index in [2.05, 4.69) is 10.3 Å². The maximum absolute atomic E-state index is 12.7. The fraction of sp³-hybridized carbons (Fsp3) is 0.462. The van der Waals surface area contributed by atoms with Gasteiger partial charge in [-0.1, -0.05) is 0 Å². The lowest BCUT2D eigenvalue weighted by Gasteiger charge is -2.29.